The number of aromatic nitrogens is 1. The van der Waals surface area contributed by atoms with Gasteiger partial charge in [0.1, 0.15) is 11.9 Å². The second-order valence-electron chi connectivity index (χ2n) is 5.15. The molecule has 4 heteroatoms. The van der Waals surface area contributed by atoms with E-state index in [1.54, 1.807) is 6.20 Å². The van der Waals surface area contributed by atoms with Crippen LogP contribution in [0.3, 0.4) is 0 Å². The lowest BCUT2D eigenvalue weighted by molar-refractivity contribution is 0.299. The fourth-order valence-electron chi connectivity index (χ4n) is 3.06. The molecule has 4 nitrogen and oxygen atoms in total. The monoisotopic (exact) mass is 258 g/mol. The maximum absolute atomic E-state index is 8.83. The van der Waals surface area contributed by atoms with Crippen LogP contribution in [0.2, 0.25) is 0 Å². The molecule has 0 aromatic carbocycles. The highest BCUT2D eigenvalue weighted by Gasteiger charge is 2.29. The Hall–Kier alpha value is -1.60. The third-order valence-electron chi connectivity index (χ3n) is 4.08. The Morgan fingerprint density at radius 2 is 2.21 bits per heavy atom. The van der Waals surface area contributed by atoms with Crippen LogP contribution in [-0.2, 0) is 0 Å². The van der Waals surface area contributed by atoms with Gasteiger partial charge >= 0.3 is 0 Å². The minimum Gasteiger partial charge on any atom is -0.354 e. The zero-order valence-corrected chi connectivity index (χ0v) is 11.5. The summed E-state index contributed by atoms with van der Waals surface area (Å²) < 4.78 is 0. The van der Waals surface area contributed by atoms with Gasteiger partial charge in [-0.25, -0.2) is 4.98 Å². The zero-order valence-electron chi connectivity index (χ0n) is 11.5. The van der Waals surface area contributed by atoms with Crippen LogP contribution in [0.25, 0.3) is 0 Å². The number of nitrogens with zero attached hydrogens (tertiary/aromatic N) is 3. The van der Waals surface area contributed by atoms with Crippen LogP contribution in [0.15, 0.2) is 18.3 Å². The Labute approximate surface area is 115 Å². The molecule has 1 aromatic heterocycles. The van der Waals surface area contributed by atoms with Gasteiger partial charge in [-0.05, 0) is 44.4 Å². The fourth-order valence-corrected chi connectivity index (χ4v) is 3.06. The van der Waals surface area contributed by atoms with Crippen molar-refractivity contribution in [2.24, 2.45) is 11.7 Å². The van der Waals surface area contributed by atoms with Crippen LogP contribution in [0.5, 0.6) is 0 Å². The minimum atomic E-state index is 0.490. The van der Waals surface area contributed by atoms with Gasteiger partial charge in [0.25, 0.3) is 0 Å². The van der Waals surface area contributed by atoms with Crippen molar-refractivity contribution in [2.75, 3.05) is 18.0 Å². The van der Waals surface area contributed by atoms with Crippen molar-refractivity contribution in [3.63, 3.8) is 0 Å². The van der Waals surface area contributed by atoms with Crippen molar-refractivity contribution >= 4 is 5.82 Å². The molecule has 2 N–H and O–H groups in total. The molecule has 102 valence electrons. The Bertz CT molecular complexity index is 434. The number of hydrogen-bond acceptors (Lipinski definition) is 4. The number of nitrogens with two attached hydrogens (primary N) is 1. The molecule has 1 heterocycles. The second kappa shape index (κ2) is 6.53. The standard InChI is InChI=1S/C15H22N4/c1-2-19(14-6-4-3-5-13(14)10-17)15-8-7-12(9-16)11-18-15/h7-8,11,13-14H,2-6,10,17H2,1H3. The van der Waals surface area contributed by atoms with E-state index in [-0.39, 0.29) is 0 Å². The first kappa shape index (κ1) is 13.8. The van der Waals surface area contributed by atoms with Crippen LogP contribution in [-0.4, -0.2) is 24.1 Å². The molecule has 0 spiro atoms. The Kier molecular flexibility index (Phi) is 4.75. The summed E-state index contributed by atoms with van der Waals surface area (Å²) in [5, 5.41) is 8.83. The molecular formula is C15H22N4. The summed E-state index contributed by atoms with van der Waals surface area (Å²) in [6, 6.07) is 6.39. The van der Waals surface area contributed by atoms with E-state index in [0.29, 0.717) is 17.5 Å². The van der Waals surface area contributed by atoms with Crippen LogP contribution in [0.4, 0.5) is 5.82 Å². The predicted octanol–water partition coefficient (Wildman–Crippen LogP) is 2.30. The summed E-state index contributed by atoms with van der Waals surface area (Å²) in [5.74, 6) is 1.53. The second-order valence-corrected chi connectivity index (χ2v) is 5.15. The largest absolute Gasteiger partial charge is 0.354 e. The van der Waals surface area contributed by atoms with E-state index >= 15 is 0 Å². The molecule has 19 heavy (non-hydrogen) atoms. The van der Waals surface area contributed by atoms with Crippen molar-refractivity contribution in [2.45, 2.75) is 38.6 Å². The molecule has 0 bridgehead atoms. The van der Waals surface area contributed by atoms with Crippen LogP contribution in [0.1, 0.15) is 38.2 Å². The minimum absolute atomic E-state index is 0.490. The Morgan fingerprint density at radius 3 is 2.79 bits per heavy atom. The third kappa shape index (κ3) is 3.05. The first-order chi connectivity index (χ1) is 9.30. The molecule has 2 rings (SSSR count). The summed E-state index contributed by atoms with van der Waals surface area (Å²) in [5.41, 5.74) is 6.53. The van der Waals surface area contributed by atoms with E-state index < -0.39 is 0 Å². The van der Waals surface area contributed by atoms with E-state index in [1.165, 1.54) is 25.7 Å². The fraction of sp³-hybridized carbons (Fsp3) is 0.600. The van der Waals surface area contributed by atoms with Crippen molar-refractivity contribution < 1.29 is 0 Å². The molecule has 1 saturated carbocycles. The van der Waals surface area contributed by atoms with Gasteiger partial charge in [-0.2, -0.15) is 5.26 Å². The number of hydrogen-bond donors (Lipinski definition) is 1. The molecule has 1 aromatic rings. The van der Waals surface area contributed by atoms with Crippen molar-refractivity contribution in [3.05, 3.63) is 23.9 Å². The lowest BCUT2D eigenvalue weighted by Gasteiger charge is -2.40. The van der Waals surface area contributed by atoms with Gasteiger partial charge in [-0.15, -0.1) is 0 Å². The van der Waals surface area contributed by atoms with Gasteiger partial charge in [0.05, 0.1) is 5.56 Å². The molecule has 1 aliphatic carbocycles. The Morgan fingerprint density at radius 1 is 1.42 bits per heavy atom. The van der Waals surface area contributed by atoms with Crippen LogP contribution >= 0.6 is 0 Å². The van der Waals surface area contributed by atoms with Crippen molar-refractivity contribution in [1.82, 2.24) is 4.98 Å². The Balaban J connectivity index is 2.19. The zero-order chi connectivity index (χ0) is 13.7. The third-order valence-corrected chi connectivity index (χ3v) is 4.08. The normalized spacial score (nSPS) is 22.8. The molecule has 0 saturated heterocycles. The van der Waals surface area contributed by atoms with E-state index in [2.05, 4.69) is 22.9 Å². The highest BCUT2D eigenvalue weighted by Crippen LogP contribution is 2.30. The number of nitriles is 1. The quantitative estimate of drug-likeness (QED) is 0.900. The molecule has 1 aliphatic rings. The summed E-state index contributed by atoms with van der Waals surface area (Å²) in [4.78, 5) is 6.77. The summed E-state index contributed by atoms with van der Waals surface area (Å²) in [6.45, 7) is 3.83. The van der Waals surface area contributed by atoms with E-state index in [4.69, 9.17) is 11.0 Å². The van der Waals surface area contributed by atoms with Crippen molar-refractivity contribution in [3.8, 4) is 6.07 Å². The summed E-state index contributed by atoms with van der Waals surface area (Å²) in [7, 11) is 0. The van der Waals surface area contributed by atoms with E-state index in [9.17, 15) is 0 Å². The van der Waals surface area contributed by atoms with Crippen molar-refractivity contribution in [1.29, 1.82) is 5.26 Å². The van der Waals surface area contributed by atoms with E-state index in [1.807, 2.05) is 12.1 Å². The van der Waals surface area contributed by atoms with Gasteiger partial charge < -0.3 is 10.6 Å². The highest BCUT2D eigenvalue weighted by molar-refractivity contribution is 5.43. The highest BCUT2D eigenvalue weighted by atomic mass is 15.2. The molecule has 0 amide bonds. The SMILES string of the molecule is CCN(c1ccc(C#N)cn1)C1CCCCC1CN. The summed E-state index contributed by atoms with van der Waals surface area (Å²) >= 11 is 0. The van der Waals surface area contributed by atoms with Crippen LogP contribution in [0, 0.1) is 17.2 Å². The first-order valence-electron chi connectivity index (χ1n) is 7.13. The van der Waals surface area contributed by atoms with Gasteiger partial charge in [0.2, 0.25) is 0 Å². The maximum atomic E-state index is 8.83. The maximum Gasteiger partial charge on any atom is 0.128 e. The number of pyridine rings is 1. The smallest absolute Gasteiger partial charge is 0.128 e. The average Bonchev–Trinajstić information content (AvgIpc) is 2.49. The predicted molar refractivity (Wildman–Crippen MR) is 76.8 cm³/mol. The average molecular weight is 258 g/mol. The first-order valence-corrected chi connectivity index (χ1v) is 7.13. The molecular weight excluding hydrogens is 236 g/mol. The molecule has 0 radical (unpaired) electrons. The van der Waals surface area contributed by atoms with Gasteiger partial charge in [-0.3, -0.25) is 0 Å². The molecule has 2 atom stereocenters. The lowest BCUT2D eigenvalue weighted by atomic mass is 9.83. The van der Waals surface area contributed by atoms with Gasteiger partial charge in [0.15, 0.2) is 0 Å². The molecule has 0 aliphatic heterocycles. The van der Waals surface area contributed by atoms with Gasteiger partial charge in [-0.1, -0.05) is 12.8 Å². The molecule has 2 unspecified atom stereocenters. The van der Waals surface area contributed by atoms with Gasteiger partial charge in [0, 0.05) is 18.8 Å². The van der Waals surface area contributed by atoms with Crippen LogP contribution < -0.4 is 10.6 Å². The number of anilines is 1. The lowest BCUT2D eigenvalue weighted by Crippen LogP contribution is -2.45. The number of rotatable bonds is 4. The van der Waals surface area contributed by atoms with E-state index in [0.717, 1.165) is 18.9 Å². The molecule has 1 fully saturated rings. The topological polar surface area (TPSA) is 65.9 Å². The summed E-state index contributed by atoms with van der Waals surface area (Å²) in [6.07, 6.45) is 6.62.